The monoisotopic (exact) mass is 225 g/mol. The van der Waals surface area contributed by atoms with E-state index < -0.39 is 0 Å². The number of hydrogen-bond donors (Lipinski definition) is 2. The van der Waals surface area contributed by atoms with Crippen LogP contribution in [-0.2, 0) is 4.74 Å². The van der Waals surface area contributed by atoms with E-state index in [1.807, 2.05) is 0 Å². The number of hydrazine groups is 1. The van der Waals surface area contributed by atoms with Crippen molar-refractivity contribution in [1.82, 2.24) is 4.98 Å². The molecule has 0 spiro atoms. The van der Waals surface area contributed by atoms with Crippen LogP contribution in [0.15, 0.2) is 18.3 Å². The van der Waals surface area contributed by atoms with Crippen LogP contribution in [0.2, 0.25) is 0 Å². The van der Waals surface area contributed by atoms with E-state index in [9.17, 15) is 0 Å². The van der Waals surface area contributed by atoms with Gasteiger partial charge in [0.1, 0.15) is 18.2 Å². The first-order valence-corrected chi connectivity index (χ1v) is 5.50. The maximum Gasteiger partial charge on any atom is 0.143 e. The second-order valence-corrected chi connectivity index (χ2v) is 3.34. The van der Waals surface area contributed by atoms with Crippen molar-refractivity contribution in [3.8, 4) is 5.75 Å². The number of ether oxygens (including phenoxy) is 2. The van der Waals surface area contributed by atoms with Crippen LogP contribution in [0.5, 0.6) is 5.75 Å². The molecule has 0 aliphatic heterocycles. The van der Waals surface area contributed by atoms with Gasteiger partial charge in [-0.1, -0.05) is 13.3 Å². The summed E-state index contributed by atoms with van der Waals surface area (Å²) in [6, 6.07) is 3.53. The third-order valence-corrected chi connectivity index (χ3v) is 2.02. The summed E-state index contributed by atoms with van der Waals surface area (Å²) in [7, 11) is 0. The number of nitrogens with two attached hydrogens (primary N) is 1. The van der Waals surface area contributed by atoms with Gasteiger partial charge in [0, 0.05) is 18.9 Å². The van der Waals surface area contributed by atoms with Gasteiger partial charge in [-0.3, -0.25) is 0 Å². The third-order valence-electron chi connectivity index (χ3n) is 2.02. The van der Waals surface area contributed by atoms with Gasteiger partial charge in [0.2, 0.25) is 0 Å². The number of nitrogens with zero attached hydrogens (tertiary/aromatic N) is 1. The van der Waals surface area contributed by atoms with E-state index in [-0.39, 0.29) is 0 Å². The molecule has 5 nitrogen and oxygen atoms in total. The maximum atomic E-state index is 5.47. The number of nitrogen functional groups attached to an aromatic ring is 1. The van der Waals surface area contributed by atoms with Crippen molar-refractivity contribution in [2.24, 2.45) is 5.84 Å². The number of unbranched alkanes of at least 4 members (excludes halogenated alkanes) is 1. The van der Waals surface area contributed by atoms with Crippen molar-refractivity contribution in [3.63, 3.8) is 0 Å². The lowest BCUT2D eigenvalue weighted by Crippen LogP contribution is -2.10. The van der Waals surface area contributed by atoms with Gasteiger partial charge in [0.25, 0.3) is 0 Å². The normalized spacial score (nSPS) is 10.1. The fourth-order valence-electron chi connectivity index (χ4n) is 1.15. The van der Waals surface area contributed by atoms with Crippen LogP contribution in [0.3, 0.4) is 0 Å². The van der Waals surface area contributed by atoms with Gasteiger partial charge in [-0.25, -0.2) is 10.8 Å². The first kappa shape index (κ1) is 12.7. The minimum Gasteiger partial charge on any atom is -0.491 e. The average Bonchev–Trinajstić information content (AvgIpc) is 2.34. The number of nitrogens with one attached hydrogen (secondary N) is 1. The van der Waals surface area contributed by atoms with Gasteiger partial charge < -0.3 is 14.9 Å². The Balaban J connectivity index is 2.16. The van der Waals surface area contributed by atoms with Crippen molar-refractivity contribution in [2.75, 3.05) is 25.2 Å². The van der Waals surface area contributed by atoms with Crippen LogP contribution >= 0.6 is 0 Å². The first-order chi connectivity index (χ1) is 7.86. The van der Waals surface area contributed by atoms with Crippen molar-refractivity contribution in [3.05, 3.63) is 18.3 Å². The van der Waals surface area contributed by atoms with Crippen LogP contribution in [0, 0.1) is 0 Å². The minimum absolute atomic E-state index is 0.539. The summed E-state index contributed by atoms with van der Waals surface area (Å²) >= 11 is 0. The Morgan fingerprint density at radius 1 is 1.38 bits per heavy atom. The zero-order valence-corrected chi connectivity index (χ0v) is 9.61. The Bertz CT molecular complexity index is 294. The Morgan fingerprint density at radius 2 is 2.25 bits per heavy atom. The molecular weight excluding hydrogens is 206 g/mol. The quantitative estimate of drug-likeness (QED) is 0.399. The molecule has 1 heterocycles. The van der Waals surface area contributed by atoms with Gasteiger partial charge in [0.15, 0.2) is 0 Å². The lowest BCUT2D eigenvalue weighted by Gasteiger charge is -2.07. The van der Waals surface area contributed by atoms with E-state index in [1.54, 1.807) is 18.3 Å². The fraction of sp³-hybridized carbons (Fsp3) is 0.545. The molecule has 0 aromatic carbocycles. The van der Waals surface area contributed by atoms with E-state index in [2.05, 4.69) is 17.3 Å². The first-order valence-electron chi connectivity index (χ1n) is 5.50. The molecule has 3 N–H and O–H groups in total. The van der Waals surface area contributed by atoms with Crippen LogP contribution < -0.4 is 16.0 Å². The summed E-state index contributed by atoms with van der Waals surface area (Å²) in [5.41, 5.74) is 2.46. The topological polar surface area (TPSA) is 69.4 Å². The molecule has 0 unspecified atom stereocenters. The van der Waals surface area contributed by atoms with Crippen molar-refractivity contribution in [1.29, 1.82) is 0 Å². The standard InChI is InChI=1S/C11H19N3O2/c1-2-3-6-15-7-8-16-10-4-5-13-11(9-10)14-12/h4-5,9H,2-3,6-8,12H2,1H3,(H,13,14). The Morgan fingerprint density at radius 3 is 3.00 bits per heavy atom. The van der Waals surface area contributed by atoms with Gasteiger partial charge in [-0.15, -0.1) is 0 Å². The summed E-state index contributed by atoms with van der Waals surface area (Å²) < 4.78 is 10.8. The molecule has 0 aliphatic carbocycles. The molecule has 1 aromatic rings. The molecule has 0 aliphatic rings. The largest absolute Gasteiger partial charge is 0.491 e. The SMILES string of the molecule is CCCCOCCOc1ccnc(NN)c1. The highest BCUT2D eigenvalue weighted by atomic mass is 16.5. The van der Waals surface area contributed by atoms with E-state index in [0.29, 0.717) is 19.0 Å². The molecule has 0 saturated heterocycles. The molecular formula is C11H19N3O2. The van der Waals surface area contributed by atoms with Gasteiger partial charge in [-0.05, 0) is 12.5 Å². The molecule has 0 amide bonds. The van der Waals surface area contributed by atoms with Crippen LogP contribution in [0.4, 0.5) is 5.82 Å². The summed E-state index contributed by atoms with van der Waals surface area (Å²) in [6.45, 7) is 4.08. The molecule has 16 heavy (non-hydrogen) atoms. The fourth-order valence-corrected chi connectivity index (χ4v) is 1.15. The van der Waals surface area contributed by atoms with Gasteiger partial charge in [-0.2, -0.15) is 0 Å². The minimum atomic E-state index is 0.539. The predicted molar refractivity (Wildman–Crippen MR) is 63.3 cm³/mol. The van der Waals surface area contributed by atoms with Crippen LogP contribution in [0.25, 0.3) is 0 Å². The predicted octanol–water partition coefficient (Wildman–Crippen LogP) is 1.56. The molecule has 0 saturated carbocycles. The lowest BCUT2D eigenvalue weighted by molar-refractivity contribution is 0.0980. The summed E-state index contributed by atoms with van der Waals surface area (Å²) in [6.07, 6.45) is 3.88. The molecule has 0 radical (unpaired) electrons. The molecule has 1 rings (SSSR count). The Labute approximate surface area is 95.9 Å². The van der Waals surface area contributed by atoms with Crippen LogP contribution in [-0.4, -0.2) is 24.8 Å². The van der Waals surface area contributed by atoms with Gasteiger partial charge in [0.05, 0.1) is 6.61 Å². The third kappa shape index (κ3) is 4.95. The molecule has 0 atom stereocenters. The lowest BCUT2D eigenvalue weighted by atomic mass is 10.4. The highest BCUT2D eigenvalue weighted by Crippen LogP contribution is 2.13. The zero-order valence-electron chi connectivity index (χ0n) is 9.61. The number of pyridine rings is 1. The summed E-state index contributed by atoms with van der Waals surface area (Å²) in [5.74, 6) is 6.56. The van der Waals surface area contributed by atoms with Crippen LogP contribution in [0.1, 0.15) is 19.8 Å². The molecule has 0 fully saturated rings. The van der Waals surface area contributed by atoms with Gasteiger partial charge >= 0.3 is 0 Å². The molecule has 1 aromatic heterocycles. The molecule has 5 heteroatoms. The Kier molecular flexibility index (Phi) is 6.29. The number of rotatable bonds is 8. The summed E-state index contributed by atoms with van der Waals surface area (Å²) in [4.78, 5) is 3.98. The maximum absolute atomic E-state index is 5.47. The highest BCUT2D eigenvalue weighted by Gasteiger charge is 1.96. The smallest absolute Gasteiger partial charge is 0.143 e. The van der Waals surface area contributed by atoms with Crippen molar-refractivity contribution in [2.45, 2.75) is 19.8 Å². The second kappa shape index (κ2) is 7.90. The van der Waals surface area contributed by atoms with E-state index in [4.69, 9.17) is 15.3 Å². The molecule has 0 bridgehead atoms. The second-order valence-electron chi connectivity index (χ2n) is 3.34. The van der Waals surface area contributed by atoms with Crippen molar-refractivity contribution < 1.29 is 9.47 Å². The zero-order chi connectivity index (χ0) is 11.6. The van der Waals surface area contributed by atoms with E-state index in [0.717, 1.165) is 25.2 Å². The van der Waals surface area contributed by atoms with E-state index >= 15 is 0 Å². The van der Waals surface area contributed by atoms with E-state index in [1.165, 1.54) is 0 Å². The van der Waals surface area contributed by atoms with Crippen molar-refractivity contribution >= 4 is 5.82 Å². The number of hydrogen-bond acceptors (Lipinski definition) is 5. The average molecular weight is 225 g/mol. The molecule has 90 valence electrons. The highest BCUT2D eigenvalue weighted by molar-refractivity contribution is 5.39. The number of aromatic nitrogens is 1. The summed E-state index contributed by atoms with van der Waals surface area (Å²) in [5, 5.41) is 0. The Hall–Kier alpha value is -1.33. The number of anilines is 1.